The smallest absolute Gasteiger partial charge is 0.0746 e. The number of allylic oxidation sites excluding steroid dienone is 2. The van der Waals surface area contributed by atoms with Gasteiger partial charge in [0, 0.05) is 11.6 Å². The van der Waals surface area contributed by atoms with Gasteiger partial charge in [-0.15, -0.1) is 0 Å². The zero-order valence-electron chi connectivity index (χ0n) is 16.1. The third kappa shape index (κ3) is 3.27. The minimum Gasteiger partial charge on any atom is -0.256 e. The van der Waals surface area contributed by atoms with Gasteiger partial charge in [0.25, 0.3) is 0 Å². The van der Waals surface area contributed by atoms with Gasteiger partial charge in [0.2, 0.25) is 0 Å². The summed E-state index contributed by atoms with van der Waals surface area (Å²) in [4.78, 5) is 4.78. The molecule has 1 heteroatoms. The Morgan fingerprint density at radius 2 is 1.61 bits per heavy atom. The van der Waals surface area contributed by atoms with E-state index < -0.39 is 0 Å². The van der Waals surface area contributed by atoms with Gasteiger partial charge in [-0.25, -0.2) is 0 Å². The number of nitrogens with zero attached hydrogens (tertiary/aromatic N) is 1. The highest BCUT2D eigenvalue weighted by molar-refractivity contribution is 5.99. The number of pyridine rings is 1. The lowest BCUT2D eigenvalue weighted by Crippen LogP contribution is -1.98. The molecular formula is C27H23N. The van der Waals surface area contributed by atoms with Gasteiger partial charge in [-0.05, 0) is 45.9 Å². The molecule has 4 aromatic rings. The maximum Gasteiger partial charge on any atom is 0.0746 e. The highest BCUT2D eigenvalue weighted by atomic mass is 14.7. The first-order valence-electron chi connectivity index (χ1n) is 9.68. The van der Waals surface area contributed by atoms with Crippen LogP contribution in [0.3, 0.4) is 0 Å². The van der Waals surface area contributed by atoms with Crippen molar-refractivity contribution in [2.75, 3.05) is 0 Å². The van der Waals surface area contributed by atoms with Crippen molar-refractivity contribution in [3.05, 3.63) is 120 Å². The van der Waals surface area contributed by atoms with Gasteiger partial charge in [-0.1, -0.05) is 98.5 Å². The highest BCUT2D eigenvalue weighted by Crippen LogP contribution is 2.35. The van der Waals surface area contributed by atoms with Crippen LogP contribution in [0.2, 0.25) is 0 Å². The average molecular weight is 361 g/mol. The van der Waals surface area contributed by atoms with Crippen LogP contribution in [0, 0.1) is 0 Å². The molecule has 0 atom stereocenters. The van der Waals surface area contributed by atoms with Gasteiger partial charge >= 0.3 is 0 Å². The minimum atomic E-state index is 0.916. The monoisotopic (exact) mass is 361 g/mol. The average Bonchev–Trinajstić information content (AvgIpc) is 2.77. The molecule has 0 fully saturated rings. The Balaban J connectivity index is 1.97. The van der Waals surface area contributed by atoms with Gasteiger partial charge in [0.05, 0.1) is 5.52 Å². The first-order valence-corrected chi connectivity index (χ1v) is 9.68. The molecule has 136 valence electrons. The molecule has 0 radical (unpaired) electrons. The Morgan fingerprint density at radius 3 is 2.29 bits per heavy atom. The predicted molar refractivity (Wildman–Crippen MR) is 120 cm³/mol. The van der Waals surface area contributed by atoms with Crippen LogP contribution >= 0.6 is 0 Å². The first-order chi connectivity index (χ1) is 13.8. The van der Waals surface area contributed by atoms with Crippen LogP contribution in [0.15, 0.2) is 104 Å². The molecule has 0 aliphatic heterocycles. The summed E-state index contributed by atoms with van der Waals surface area (Å²) in [7, 11) is 0. The summed E-state index contributed by atoms with van der Waals surface area (Å²) in [5.41, 5.74) is 8.38. The second-order valence-corrected chi connectivity index (χ2v) is 6.75. The van der Waals surface area contributed by atoms with Crippen LogP contribution in [0.4, 0.5) is 0 Å². The summed E-state index contributed by atoms with van der Waals surface area (Å²) in [5.74, 6) is 0. The number of hydrogen-bond donors (Lipinski definition) is 0. The van der Waals surface area contributed by atoms with E-state index in [1.54, 1.807) is 0 Å². The number of aromatic nitrogens is 1. The first kappa shape index (κ1) is 17.9. The molecule has 0 amide bonds. The molecule has 28 heavy (non-hydrogen) atoms. The van der Waals surface area contributed by atoms with Crippen LogP contribution in [-0.2, 0) is 6.42 Å². The number of benzene rings is 3. The molecular weight excluding hydrogens is 338 g/mol. The van der Waals surface area contributed by atoms with E-state index in [0.29, 0.717) is 0 Å². The molecule has 1 nitrogen and oxygen atoms in total. The van der Waals surface area contributed by atoms with E-state index in [-0.39, 0.29) is 0 Å². The summed E-state index contributed by atoms with van der Waals surface area (Å²) in [6.45, 7) is 6.13. The lowest BCUT2D eigenvalue weighted by atomic mass is 9.89. The highest BCUT2D eigenvalue weighted by Gasteiger charge is 2.14. The Kier molecular flexibility index (Phi) is 5.16. The van der Waals surface area contributed by atoms with Gasteiger partial charge in [0.1, 0.15) is 0 Å². The number of rotatable bonds is 5. The Morgan fingerprint density at radius 1 is 0.893 bits per heavy atom. The largest absolute Gasteiger partial charge is 0.256 e. The van der Waals surface area contributed by atoms with Crippen molar-refractivity contribution < 1.29 is 0 Å². The molecule has 0 aliphatic carbocycles. The van der Waals surface area contributed by atoms with Crippen molar-refractivity contribution in [1.82, 2.24) is 4.98 Å². The molecule has 0 spiro atoms. The molecule has 0 saturated carbocycles. The lowest BCUT2D eigenvalue weighted by molar-refractivity contribution is 1.13. The topological polar surface area (TPSA) is 12.9 Å². The fourth-order valence-electron chi connectivity index (χ4n) is 3.83. The SMILES string of the molecule is C=C/C=C(/c1ccccc1)c1ccc2c(-c3ccccc3)ccnc2c1CC. The van der Waals surface area contributed by atoms with Gasteiger partial charge in [-0.2, -0.15) is 0 Å². The van der Waals surface area contributed by atoms with E-state index in [0.717, 1.165) is 11.9 Å². The molecule has 0 bridgehead atoms. The molecule has 1 heterocycles. The van der Waals surface area contributed by atoms with Crippen molar-refractivity contribution in [3.63, 3.8) is 0 Å². The second-order valence-electron chi connectivity index (χ2n) is 6.75. The van der Waals surface area contributed by atoms with Crippen LogP contribution in [0.25, 0.3) is 27.6 Å². The second kappa shape index (κ2) is 8.06. The minimum absolute atomic E-state index is 0.916. The normalized spacial score (nSPS) is 11.5. The fraction of sp³-hybridized carbons (Fsp3) is 0.0741. The Hall–Kier alpha value is -3.45. The Bertz CT molecular complexity index is 1140. The zero-order valence-corrected chi connectivity index (χ0v) is 16.1. The van der Waals surface area contributed by atoms with Crippen LogP contribution < -0.4 is 0 Å². The molecule has 0 saturated heterocycles. The van der Waals surface area contributed by atoms with Crippen molar-refractivity contribution in [2.24, 2.45) is 0 Å². The quantitative estimate of drug-likeness (QED) is 0.346. The van der Waals surface area contributed by atoms with Gasteiger partial charge < -0.3 is 0 Å². The van der Waals surface area contributed by atoms with Crippen molar-refractivity contribution in [3.8, 4) is 11.1 Å². The van der Waals surface area contributed by atoms with Crippen LogP contribution in [-0.4, -0.2) is 4.98 Å². The summed E-state index contributed by atoms with van der Waals surface area (Å²) >= 11 is 0. The third-order valence-corrected chi connectivity index (χ3v) is 5.12. The van der Waals surface area contributed by atoms with Gasteiger partial charge in [-0.3, -0.25) is 4.98 Å². The zero-order chi connectivity index (χ0) is 19.3. The van der Waals surface area contributed by atoms with Crippen LogP contribution in [0.5, 0.6) is 0 Å². The van der Waals surface area contributed by atoms with Crippen molar-refractivity contribution >= 4 is 16.5 Å². The summed E-state index contributed by atoms with van der Waals surface area (Å²) in [5, 5.41) is 1.19. The molecule has 0 unspecified atom stereocenters. The standard InChI is InChI=1S/C27H23N/c1-3-11-23(20-12-7-5-8-13-20)25-16-17-26-24(21-14-9-6-10-15-21)18-19-28-27(26)22(25)4-2/h3,5-19H,1,4H2,2H3/b23-11-. The molecule has 0 N–H and O–H groups in total. The van der Waals surface area contributed by atoms with Crippen LogP contribution in [0.1, 0.15) is 23.6 Å². The summed E-state index contributed by atoms with van der Waals surface area (Å²) in [6, 6.07) is 27.6. The van der Waals surface area contributed by atoms with E-state index in [4.69, 9.17) is 4.98 Å². The predicted octanol–water partition coefficient (Wildman–Crippen LogP) is 7.08. The van der Waals surface area contributed by atoms with Crippen molar-refractivity contribution in [1.29, 1.82) is 0 Å². The van der Waals surface area contributed by atoms with Gasteiger partial charge in [0.15, 0.2) is 0 Å². The number of aryl methyl sites for hydroxylation is 1. The van der Waals surface area contributed by atoms with E-state index in [2.05, 4.69) is 92.4 Å². The van der Waals surface area contributed by atoms with E-state index in [9.17, 15) is 0 Å². The number of fused-ring (bicyclic) bond motifs is 1. The lowest BCUT2D eigenvalue weighted by Gasteiger charge is -2.16. The molecule has 4 rings (SSSR count). The third-order valence-electron chi connectivity index (χ3n) is 5.12. The summed E-state index contributed by atoms with van der Waals surface area (Å²) < 4.78 is 0. The maximum atomic E-state index is 4.78. The van der Waals surface area contributed by atoms with Crippen molar-refractivity contribution in [2.45, 2.75) is 13.3 Å². The maximum absolute atomic E-state index is 4.78. The van der Waals surface area contributed by atoms with E-state index >= 15 is 0 Å². The number of hydrogen-bond acceptors (Lipinski definition) is 1. The molecule has 0 aliphatic rings. The summed E-state index contributed by atoms with van der Waals surface area (Å²) in [6.07, 6.45) is 6.79. The Labute approximate surface area is 166 Å². The van der Waals surface area contributed by atoms with E-state index in [1.807, 2.05) is 18.3 Å². The molecule has 1 aromatic heterocycles. The molecule has 3 aromatic carbocycles. The fourth-order valence-corrected chi connectivity index (χ4v) is 3.83. The van der Waals surface area contributed by atoms with E-state index in [1.165, 1.54) is 38.8 Å².